The zero-order valence-corrected chi connectivity index (χ0v) is 14.7. The van der Waals surface area contributed by atoms with Crippen molar-refractivity contribution < 1.29 is 10.2 Å². The Bertz CT molecular complexity index is 476. The molecule has 0 radical (unpaired) electrons. The van der Waals surface area contributed by atoms with Crippen LogP contribution < -0.4 is 0 Å². The van der Waals surface area contributed by atoms with Crippen molar-refractivity contribution >= 4 is 0 Å². The van der Waals surface area contributed by atoms with Crippen molar-refractivity contribution in [3.8, 4) is 0 Å². The van der Waals surface area contributed by atoms with Gasteiger partial charge in [-0.1, -0.05) is 41.0 Å². The maximum absolute atomic E-state index is 10.4. The van der Waals surface area contributed by atoms with Gasteiger partial charge in [0.05, 0.1) is 6.61 Å². The molecular formula is C20H32O2. The summed E-state index contributed by atoms with van der Waals surface area (Å²) in [6.45, 7) is 7.94. The first kappa shape index (κ1) is 18.9. The first-order valence-corrected chi connectivity index (χ1v) is 8.36. The number of allylic oxidation sites excluding steroid dienone is 7. The van der Waals surface area contributed by atoms with E-state index in [4.69, 9.17) is 0 Å². The molecule has 124 valence electrons. The van der Waals surface area contributed by atoms with Gasteiger partial charge >= 0.3 is 0 Å². The molecule has 1 atom stereocenters. The Balaban J connectivity index is 3.00. The molecule has 1 aliphatic carbocycles. The third-order valence-electron chi connectivity index (χ3n) is 4.42. The summed E-state index contributed by atoms with van der Waals surface area (Å²) in [4.78, 5) is 0. The van der Waals surface area contributed by atoms with Gasteiger partial charge in [0.1, 0.15) is 5.60 Å². The molecule has 0 heterocycles. The maximum Gasteiger partial charge on any atom is 0.106 e. The van der Waals surface area contributed by atoms with Gasteiger partial charge in [-0.25, -0.2) is 0 Å². The van der Waals surface area contributed by atoms with Gasteiger partial charge in [-0.2, -0.15) is 0 Å². The van der Waals surface area contributed by atoms with E-state index in [-0.39, 0.29) is 6.61 Å². The molecule has 0 unspecified atom stereocenters. The van der Waals surface area contributed by atoms with E-state index in [1.807, 2.05) is 6.08 Å². The highest BCUT2D eigenvalue weighted by molar-refractivity contribution is 5.25. The fraction of sp³-hybridized carbons (Fsp3) is 0.600. The van der Waals surface area contributed by atoms with E-state index < -0.39 is 5.60 Å². The average molecular weight is 304 g/mol. The number of hydrogen-bond donors (Lipinski definition) is 2. The first-order chi connectivity index (χ1) is 10.3. The monoisotopic (exact) mass is 304 g/mol. The van der Waals surface area contributed by atoms with Gasteiger partial charge in [-0.3, -0.25) is 0 Å². The predicted molar refractivity (Wildman–Crippen MR) is 94.8 cm³/mol. The smallest absolute Gasteiger partial charge is 0.106 e. The van der Waals surface area contributed by atoms with Crippen LogP contribution in [0.1, 0.15) is 66.2 Å². The van der Waals surface area contributed by atoms with Gasteiger partial charge in [0.25, 0.3) is 0 Å². The van der Waals surface area contributed by atoms with Crippen molar-refractivity contribution in [3.05, 3.63) is 46.6 Å². The standard InChI is InChI=1S/C20H32O2/c1-16-7-5-9-17(2)11-13-19(20(4,22)15-21)14-12-18(3)10-6-8-16/h7,10-11,13,21-22H,5-6,8-9,12,14-15H2,1-4H3/b16-7-,17-11-,18-10-,19-13+/t20-/m0/s1. The van der Waals surface area contributed by atoms with E-state index in [1.54, 1.807) is 6.92 Å². The zero-order chi connectivity index (χ0) is 16.6. The Morgan fingerprint density at radius 1 is 0.864 bits per heavy atom. The summed E-state index contributed by atoms with van der Waals surface area (Å²) in [7, 11) is 0. The van der Waals surface area contributed by atoms with Gasteiger partial charge in [0.2, 0.25) is 0 Å². The van der Waals surface area contributed by atoms with E-state index in [9.17, 15) is 10.2 Å². The van der Waals surface area contributed by atoms with E-state index in [0.717, 1.165) is 44.1 Å². The van der Waals surface area contributed by atoms with Crippen LogP contribution in [0.3, 0.4) is 0 Å². The normalized spacial score (nSPS) is 31.2. The lowest BCUT2D eigenvalue weighted by atomic mass is 9.90. The van der Waals surface area contributed by atoms with Crippen molar-refractivity contribution in [2.75, 3.05) is 6.61 Å². The molecule has 0 saturated heterocycles. The van der Waals surface area contributed by atoms with Crippen LogP contribution >= 0.6 is 0 Å². The molecule has 0 spiro atoms. The van der Waals surface area contributed by atoms with Gasteiger partial charge in [0, 0.05) is 0 Å². The second-order valence-electron chi connectivity index (χ2n) is 6.82. The number of hydrogen-bond acceptors (Lipinski definition) is 2. The summed E-state index contributed by atoms with van der Waals surface area (Å²) >= 11 is 0. The summed E-state index contributed by atoms with van der Waals surface area (Å²) in [5.74, 6) is 0. The Hall–Kier alpha value is -1.12. The van der Waals surface area contributed by atoms with Crippen molar-refractivity contribution in [1.82, 2.24) is 0 Å². The molecule has 1 rings (SSSR count). The Morgan fingerprint density at radius 2 is 1.41 bits per heavy atom. The number of aliphatic hydroxyl groups is 2. The highest BCUT2D eigenvalue weighted by atomic mass is 16.3. The van der Waals surface area contributed by atoms with Crippen LogP contribution in [0, 0.1) is 0 Å². The molecule has 0 fully saturated rings. The van der Waals surface area contributed by atoms with E-state index >= 15 is 0 Å². The molecule has 0 aromatic rings. The van der Waals surface area contributed by atoms with Crippen molar-refractivity contribution in [2.45, 2.75) is 71.8 Å². The Kier molecular flexibility index (Phi) is 7.84. The van der Waals surface area contributed by atoms with Crippen LogP contribution in [0.15, 0.2) is 46.6 Å². The summed E-state index contributed by atoms with van der Waals surface area (Å²) in [5, 5.41) is 19.8. The van der Waals surface area contributed by atoms with Crippen LogP contribution in [0.4, 0.5) is 0 Å². The lowest BCUT2D eigenvalue weighted by molar-refractivity contribution is 0.0307. The van der Waals surface area contributed by atoms with Crippen LogP contribution in [-0.2, 0) is 0 Å². The summed E-state index contributed by atoms with van der Waals surface area (Å²) < 4.78 is 0. The molecule has 0 bridgehead atoms. The third-order valence-corrected chi connectivity index (χ3v) is 4.42. The van der Waals surface area contributed by atoms with Gasteiger partial charge in [-0.05, 0) is 71.8 Å². The minimum atomic E-state index is -1.13. The fourth-order valence-corrected chi connectivity index (χ4v) is 2.59. The zero-order valence-electron chi connectivity index (χ0n) is 14.7. The van der Waals surface area contributed by atoms with E-state index in [1.165, 1.54) is 16.7 Å². The molecule has 0 amide bonds. The van der Waals surface area contributed by atoms with E-state index in [0.29, 0.717) is 0 Å². The summed E-state index contributed by atoms with van der Waals surface area (Å²) in [6.07, 6.45) is 14.8. The van der Waals surface area contributed by atoms with Crippen LogP contribution in [-0.4, -0.2) is 22.4 Å². The van der Waals surface area contributed by atoms with Crippen LogP contribution in [0.2, 0.25) is 0 Å². The first-order valence-electron chi connectivity index (χ1n) is 8.36. The van der Waals surface area contributed by atoms with Crippen molar-refractivity contribution in [1.29, 1.82) is 0 Å². The lowest BCUT2D eigenvalue weighted by Gasteiger charge is -2.24. The summed E-state index contributed by atoms with van der Waals surface area (Å²) in [5.41, 5.74) is 3.90. The maximum atomic E-state index is 10.4. The largest absolute Gasteiger partial charge is 0.393 e. The topological polar surface area (TPSA) is 40.5 Å². The van der Waals surface area contributed by atoms with E-state index in [2.05, 4.69) is 39.0 Å². The molecule has 0 saturated carbocycles. The van der Waals surface area contributed by atoms with Crippen LogP contribution in [0.25, 0.3) is 0 Å². The van der Waals surface area contributed by atoms with Gasteiger partial charge < -0.3 is 10.2 Å². The predicted octanol–water partition coefficient (Wildman–Crippen LogP) is 4.85. The molecule has 0 aliphatic heterocycles. The SMILES string of the molecule is C/C1=C/C=C(/[C@@](C)(O)CO)CC/C(C)=C\CC/C(C)=C\CC1. The quantitative estimate of drug-likeness (QED) is 0.716. The molecule has 22 heavy (non-hydrogen) atoms. The molecule has 1 aliphatic rings. The Labute approximate surface area is 135 Å². The molecule has 2 nitrogen and oxygen atoms in total. The second kappa shape index (κ2) is 9.12. The number of aliphatic hydroxyl groups excluding tert-OH is 1. The average Bonchev–Trinajstić information content (AvgIpc) is 2.46. The molecule has 0 aromatic heterocycles. The van der Waals surface area contributed by atoms with Gasteiger partial charge in [0.15, 0.2) is 0 Å². The molecule has 2 heteroatoms. The molecular weight excluding hydrogens is 272 g/mol. The van der Waals surface area contributed by atoms with Crippen molar-refractivity contribution in [3.63, 3.8) is 0 Å². The lowest BCUT2D eigenvalue weighted by Crippen LogP contribution is -2.31. The highest BCUT2D eigenvalue weighted by Gasteiger charge is 2.23. The Morgan fingerprint density at radius 3 is 2.00 bits per heavy atom. The van der Waals surface area contributed by atoms with Crippen LogP contribution in [0.5, 0.6) is 0 Å². The van der Waals surface area contributed by atoms with Gasteiger partial charge in [-0.15, -0.1) is 0 Å². The second-order valence-corrected chi connectivity index (χ2v) is 6.82. The van der Waals surface area contributed by atoms with Crippen molar-refractivity contribution in [2.24, 2.45) is 0 Å². The highest BCUT2D eigenvalue weighted by Crippen LogP contribution is 2.24. The minimum Gasteiger partial charge on any atom is -0.393 e. The number of rotatable bonds is 2. The molecule has 0 aromatic carbocycles. The third kappa shape index (κ3) is 6.76. The fourth-order valence-electron chi connectivity index (χ4n) is 2.59. The minimum absolute atomic E-state index is 0.240. The molecule has 2 N–H and O–H groups in total. The summed E-state index contributed by atoms with van der Waals surface area (Å²) in [6, 6.07) is 0.